The number of halogens is 2. The number of hydrogen-bond acceptors (Lipinski definition) is 6. The Morgan fingerprint density at radius 3 is 2.45 bits per heavy atom. The molecule has 1 N–H and O–H groups in total. The highest BCUT2D eigenvalue weighted by molar-refractivity contribution is 5.96. The Hall–Kier alpha value is -3.10. The van der Waals surface area contributed by atoms with Gasteiger partial charge in [-0.1, -0.05) is 13.8 Å². The minimum Gasteiger partial charge on any atom is -0.480 e. The van der Waals surface area contributed by atoms with Gasteiger partial charge in [-0.3, -0.25) is 14.6 Å². The van der Waals surface area contributed by atoms with Gasteiger partial charge in [-0.2, -0.15) is 4.98 Å². The third kappa shape index (κ3) is 6.97. The lowest BCUT2D eigenvalue weighted by Crippen LogP contribution is -2.27. The maximum Gasteiger partial charge on any atom is 0.272 e. The van der Waals surface area contributed by atoms with Crippen LogP contribution in [-0.4, -0.2) is 41.8 Å². The van der Waals surface area contributed by atoms with Gasteiger partial charge in [-0.15, -0.1) is 0 Å². The second-order valence-corrected chi connectivity index (χ2v) is 7.43. The van der Waals surface area contributed by atoms with Gasteiger partial charge >= 0.3 is 0 Å². The Balaban J connectivity index is 2.16. The number of hydrogen-bond donors (Lipinski definition) is 1. The molecule has 1 atom stereocenters. The number of carbonyl (C=O) groups is 2. The summed E-state index contributed by atoms with van der Waals surface area (Å²) in [6, 6.07) is 5.98. The van der Waals surface area contributed by atoms with Gasteiger partial charge in [0.15, 0.2) is 6.61 Å². The number of carbonyl (C=O) groups excluding carboxylic acids is 2. The fraction of sp³-hybridized carbons (Fsp3) is 0.455. The van der Waals surface area contributed by atoms with E-state index < -0.39 is 18.9 Å². The summed E-state index contributed by atoms with van der Waals surface area (Å²) in [5.74, 6) is -0.552. The van der Waals surface area contributed by atoms with E-state index in [2.05, 4.69) is 15.3 Å². The van der Waals surface area contributed by atoms with E-state index in [1.807, 2.05) is 26.8 Å². The molecule has 0 aliphatic heterocycles. The molecule has 168 valence electrons. The van der Waals surface area contributed by atoms with Crippen LogP contribution < -0.4 is 14.8 Å². The average molecular weight is 435 g/mol. The molecule has 9 heteroatoms. The molecule has 2 rings (SSSR count). The summed E-state index contributed by atoms with van der Waals surface area (Å²) >= 11 is 0. The molecule has 0 saturated carbocycles. The second-order valence-electron chi connectivity index (χ2n) is 7.43. The first-order valence-corrected chi connectivity index (χ1v) is 9.87. The van der Waals surface area contributed by atoms with Gasteiger partial charge in [-0.05, 0) is 37.6 Å². The van der Waals surface area contributed by atoms with E-state index in [-0.39, 0.29) is 41.5 Å². The van der Waals surface area contributed by atoms with Crippen LogP contribution >= 0.6 is 0 Å². The van der Waals surface area contributed by atoms with E-state index in [1.165, 1.54) is 19.2 Å². The van der Waals surface area contributed by atoms with Crippen LogP contribution in [0.4, 0.5) is 8.78 Å². The lowest BCUT2D eigenvalue weighted by Gasteiger charge is -2.17. The minimum atomic E-state index is -2.64. The normalized spacial score (nSPS) is 12.0. The fourth-order valence-corrected chi connectivity index (χ4v) is 2.83. The first kappa shape index (κ1) is 24.2. The van der Waals surface area contributed by atoms with E-state index in [4.69, 9.17) is 9.47 Å². The number of aryl methyl sites for hydroxylation is 1. The van der Waals surface area contributed by atoms with Crippen LogP contribution in [0.2, 0.25) is 0 Å². The largest absolute Gasteiger partial charge is 0.480 e. The van der Waals surface area contributed by atoms with Gasteiger partial charge in [-0.25, -0.2) is 8.78 Å². The van der Waals surface area contributed by atoms with Crippen LogP contribution in [0.3, 0.4) is 0 Å². The highest BCUT2D eigenvalue weighted by Gasteiger charge is 2.19. The summed E-state index contributed by atoms with van der Waals surface area (Å²) in [6.07, 6.45) is -2.41. The number of ether oxygens (including phenoxy) is 2. The lowest BCUT2D eigenvalue weighted by atomic mass is 10.0. The van der Waals surface area contributed by atoms with E-state index in [1.54, 1.807) is 13.0 Å². The van der Waals surface area contributed by atoms with Crippen LogP contribution in [0.5, 0.6) is 11.8 Å². The molecule has 0 radical (unpaired) electrons. The number of rotatable bonds is 10. The van der Waals surface area contributed by atoms with Crippen LogP contribution in [0, 0.1) is 12.8 Å². The van der Waals surface area contributed by atoms with Gasteiger partial charge in [0, 0.05) is 29.8 Å². The number of aromatic nitrogens is 2. The molecule has 0 spiro atoms. The Kier molecular flexibility index (Phi) is 8.41. The quantitative estimate of drug-likeness (QED) is 0.612. The molecule has 0 aliphatic rings. The fourth-order valence-electron chi connectivity index (χ4n) is 2.83. The van der Waals surface area contributed by atoms with Gasteiger partial charge in [0.25, 0.3) is 12.3 Å². The van der Waals surface area contributed by atoms with Gasteiger partial charge in [0.2, 0.25) is 11.8 Å². The summed E-state index contributed by atoms with van der Waals surface area (Å²) in [4.78, 5) is 33.2. The van der Waals surface area contributed by atoms with Crippen LogP contribution in [0.15, 0.2) is 24.3 Å². The van der Waals surface area contributed by atoms with Crippen molar-refractivity contribution in [2.24, 2.45) is 5.92 Å². The summed E-state index contributed by atoms with van der Waals surface area (Å²) in [7, 11) is 1.32. The average Bonchev–Trinajstić information content (AvgIpc) is 2.71. The van der Waals surface area contributed by atoms with Crippen molar-refractivity contribution in [3.05, 3.63) is 46.8 Å². The number of Topliss-reactive ketones (excluding diaryl/α,β-unsaturated/α-hetero) is 1. The van der Waals surface area contributed by atoms with Crippen molar-refractivity contribution >= 4 is 11.7 Å². The van der Waals surface area contributed by atoms with Crippen LogP contribution in [0.1, 0.15) is 54.1 Å². The molecule has 2 aromatic heterocycles. The Labute approximate surface area is 180 Å². The summed E-state index contributed by atoms with van der Waals surface area (Å²) in [5.41, 5.74) is 2.33. The molecule has 0 bridgehead atoms. The number of ketones is 1. The Morgan fingerprint density at radius 1 is 1.13 bits per heavy atom. The van der Waals surface area contributed by atoms with Gasteiger partial charge in [0.1, 0.15) is 11.3 Å². The van der Waals surface area contributed by atoms with E-state index in [0.717, 1.165) is 11.3 Å². The maximum absolute atomic E-state index is 12.8. The van der Waals surface area contributed by atoms with Gasteiger partial charge in [0.05, 0.1) is 13.2 Å². The van der Waals surface area contributed by atoms with Crippen molar-refractivity contribution in [1.82, 2.24) is 15.3 Å². The summed E-state index contributed by atoms with van der Waals surface area (Å²) < 4.78 is 34.6. The number of amides is 1. The number of methoxy groups -OCH3 is 1. The molecule has 0 aromatic carbocycles. The molecule has 1 unspecified atom stereocenters. The number of pyridine rings is 2. The first-order chi connectivity index (χ1) is 14.6. The summed E-state index contributed by atoms with van der Waals surface area (Å²) in [6.45, 7) is 6.51. The van der Waals surface area contributed by atoms with Crippen molar-refractivity contribution in [3.8, 4) is 11.8 Å². The third-order valence-corrected chi connectivity index (χ3v) is 4.51. The minimum absolute atomic E-state index is 0.0365. The molecule has 0 aliphatic carbocycles. The predicted octanol–water partition coefficient (Wildman–Crippen LogP) is 3.70. The second kappa shape index (κ2) is 10.8. The Morgan fingerprint density at radius 2 is 1.84 bits per heavy atom. The molecule has 31 heavy (non-hydrogen) atoms. The van der Waals surface area contributed by atoms with E-state index >= 15 is 0 Å². The molecule has 1 amide bonds. The molecular formula is C22H27F2N3O4. The van der Waals surface area contributed by atoms with Crippen molar-refractivity contribution in [3.63, 3.8) is 0 Å². The van der Waals surface area contributed by atoms with Crippen molar-refractivity contribution in [1.29, 1.82) is 0 Å². The molecule has 2 heterocycles. The number of nitrogens with zero attached hydrogens (tertiary/aromatic N) is 2. The molecule has 0 saturated heterocycles. The van der Waals surface area contributed by atoms with Crippen molar-refractivity contribution < 1.29 is 27.8 Å². The monoisotopic (exact) mass is 435 g/mol. The zero-order valence-electron chi connectivity index (χ0n) is 18.2. The smallest absolute Gasteiger partial charge is 0.272 e. The predicted molar refractivity (Wildman–Crippen MR) is 111 cm³/mol. The number of alkyl halides is 2. The van der Waals surface area contributed by atoms with Crippen LogP contribution in [-0.2, 0) is 11.2 Å². The number of nitrogens with one attached hydrogen (secondary N) is 1. The van der Waals surface area contributed by atoms with E-state index in [9.17, 15) is 18.4 Å². The van der Waals surface area contributed by atoms with Crippen molar-refractivity contribution in [2.75, 3.05) is 13.7 Å². The molecular weight excluding hydrogens is 408 g/mol. The van der Waals surface area contributed by atoms with E-state index in [0.29, 0.717) is 5.69 Å². The van der Waals surface area contributed by atoms with Crippen LogP contribution in [0.25, 0.3) is 0 Å². The zero-order chi connectivity index (χ0) is 23.1. The summed E-state index contributed by atoms with van der Waals surface area (Å²) in [5, 5.41) is 2.85. The highest BCUT2D eigenvalue weighted by Crippen LogP contribution is 2.22. The lowest BCUT2D eigenvalue weighted by molar-refractivity contribution is -0.121. The van der Waals surface area contributed by atoms with Crippen molar-refractivity contribution in [2.45, 2.75) is 46.6 Å². The highest BCUT2D eigenvalue weighted by atomic mass is 19.3. The maximum atomic E-state index is 12.8. The topological polar surface area (TPSA) is 90.4 Å². The third-order valence-electron chi connectivity index (χ3n) is 4.51. The Bertz CT molecular complexity index is 935. The van der Waals surface area contributed by atoms with Gasteiger partial charge < -0.3 is 14.8 Å². The molecule has 7 nitrogen and oxygen atoms in total. The molecule has 2 aromatic rings. The SMILES string of the molecule is COc1nc(OCC(F)F)ccc1C(=O)NC(C)c1cc(C)nc(CC(=O)C(C)C)c1. The standard InChI is InChI=1S/C22H27F2N3O4/c1-12(2)18(28)10-16-9-15(8-13(3)25-16)14(4)26-21(29)17-6-7-20(27-22(17)30-5)31-11-19(23)24/h6-9,12,14,19H,10-11H2,1-5H3,(H,26,29). The molecule has 0 fully saturated rings. The first-order valence-electron chi connectivity index (χ1n) is 9.87. The zero-order valence-corrected chi connectivity index (χ0v) is 18.2.